The molecule has 3 aromatic rings. The summed E-state index contributed by atoms with van der Waals surface area (Å²) in [6.07, 6.45) is 5.10. The van der Waals surface area contributed by atoms with Crippen LogP contribution in [0, 0.1) is 0 Å². The quantitative estimate of drug-likeness (QED) is 0.660. The monoisotopic (exact) mass is 362 g/mol. The van der Waals surface area contributed by atoms with Crippen molar-refractivity contribution in [3.8, 4) is 0 Å². The number of hydrogen-bond donors (Lipinski definition) is 0. The minimum absolute atomic E-state index is 0.0543. The van der Waals surface area contributed by atoms with E-state index in [9.17, 15) is 9.59 Å². The summed E-state index contributed by atoms with van der Waals surface area (Å²) < 4.78 is 7.07. The number of esters is 1. The third kappa shape index (κ3) is 3.77. The molecular weight excluding hydrogens is 340 g/mol. The van der Waals surface area contributed by atoms with Gasteiger partial charge in [-0.25, -0.2) is 9.48 Å². The number of nitrogens with zero attached hydrogens (tertiary/aromatic N) is 2. The van der Waals surface area contributed by atoms with Crippen LogP contribution in [0.3, 0.4) is 0 Å². The predicted molar refractivity (Wildman–Crippen MR) is 104 cm³/mol. The van der Waals surface area contributed by atoms with Crippen LogP contribution in [0.5, 0.6) is 0 Å². The Morgan fingerprint density at radius 2 is 1.63 bits per heavy atom. The minimum atomic E-state index is -0.445. The van der Waals surface area contributed by atoms with Gasteiger partial charge in [-0.15, -0.1) is 0 Å². The fraction of sp³-hybridized carbons (Fsp3) is 0.318. The smallest absolute Gasteiger partial charge is 0.359 e. The Bertz CT molecular complexity index is 1000. The standard InChI is InChI=1S/C22H22N2O3/c25-21-19-14-8-7-13-18(19)20(22(26)27-17-11-5-2-6-12-17)23-24(21)15-16-9-3-1-4-10-16/h1,3-4,7-10,13-14,17H,2,5-6,11-12,15H2. The van der Waals surface area contributed by atoms with Crippen LogP contribution in [0.2, 0.25) is 0 Å². The largest absolute Gasteiger partial charge is 0.458 e. The number of carbonyl (C=O) groups is 1. The van der Waals surface area contributed by atoms with Crippen molar-refractivity contribution >= 4 is 16.7 Å². The van der Waals surface area contributed by atoms with Gasteiger partial charge in [-0.2, -0.15) is 5.10 Å². The van der Waals surface area contributed by atoms with Gasteiger partial charge in [0, 0.05) is 5.39 Å². The van der Waals surface area contributed by atoms with Crippen LogP contribution < -0.4 is 5.56 Å². The summed E-state index contributed by atoms with van der Waals surface area (Å²) in [4.78, 5) is 25.7. The van der Waals surface area contributed by atoms with Gasteiger partial charge in [0.2, 0.25) is 0 Å². The highest BCUT2D eigenvalue weighted by Crippen LogP contribution is 2.22. The fourth-order valence-corrected chi connectivity index (χ4v) is 3.64. The molecule has 1 aliphatic rings. The molecule has 1 fully saturated rings. The second kappa shape index (κ2) is 7.74. The summed E-state index contributed by atoms with van der Waals surface area (Å²) in [5, 5.41) is 5.42. The van der Waals surface area contributed by atoms with E-state index in [1.165, 1.54) is 11.1 Å². The van der Waals surface area contributed by atoms with Gasteiger partial charge >= 0.3 is 5.97 Å². The molecule has 0 bridgehead atoms. The maximum atomic E-state index is 12.8. The molecule has 0 atom stereocenters. The van der Waals surface area contributed by atoms with Crippen molar-refractivity contribution in [1.82, 2.24) is 9.78 Å². The highest BCUT2D eigenvalue weighted by Gasteiger charge is 2.23. The Balaban J connectivity index is 1.73. The number of rotatable bonds is 4. The molecule has 5 nitrogen and oxygen atoms in total. The Morgan fingerprint density at radius 1 is 0.963 bits per heavy atom. The van der Waals surface area contributed by atoms with Gasteiger partial charge in [-0.1, -0.05) is 55.0 Å². The zero-order chi connectivity index (χ0) is 18.6. The van der Waals surface area contributed by atoms with E-state index in [1.807, 2.05) is 36.4 Å². The molecule has 4 rings (SSSR count). The first-order valence-corrected chi connectivity index (χ1v) is 9.47. The fourth-order valence-electron chi connectivity index (χ4n) is 3.64. The molecule has 0 saturated heterocycles. The maximum Gasteiger partial charge on any atom is 0.359 e. The van der Waals surface area contributed by atoms with E-state index in [4.69, 9.17) is 4.74 Å². The molecule has 1 saturated carbocycles. The number of fused-ring (bicyclic) bond motifs is 1. The van der Waals surface area contributed by atoms with E-state index in [0.29, 0.717) is 17.3 Å². The SMILES string of the molecule is O=C(OC1CCCCC1)c1nn(Cc2ccccc2)c(=O)c2ccccc12. The number of hydrogen-bond acceptors (Lipinski definition) is 4. The van der Waals surface area contributed by atoms with E-state index in [2.05, 4.69) is 5.10 Å². The predicted octanol–water partition coefficient (Wildman–Crippen LogP) is 3.93. The first-order valence-electron chi connectivity index (χ1n) is 9.47. The highest BCUT2D eigenvalue weighted by atomic mass is 16.5. The van der Waals surface area contributed by atoms with E-state index in [0.717, 1.165) is 31.2 Å². The molecule has 0 radical (unpaired) electrons. The third-order valence-electron chi connectivity index (χ3n) is 5.06. The zero-order valence-corrected chi connectivity index (χ0v) is 15.1. The molecule has 1 heterocycles. The summed E-state index contributed by atoms with van der Waals surface area (Å²) in [6.45, 7) is 0.314. The molecule has 0 amide bonds. The maximum absolute atomic E-state index is 12.8. The van der Waals surface area contributed by atoms with Crippen molar-refractivity contribution in [1.29, 1.82) is 0 Å². The van der Waals surface area contributed by atoms with Crippen molar-refractivity contribution < 1.29 is 9.53 Å². The molecule has 2 aromatic carbocycles. The summed E-state index contributed by atoms with van der Waals surface area (Å²) in [5.74, 6) is -0.445. The summed E-state index contributed by atoms with van der Waals surface area (Å²) >= 11 is 0. The van der Waals surface area contributed by atoms with Crippen LogP contribution in [-0.4, -0.2) is 21.9 Å². The number of benzene rings is 2. The van der Waals surface area contributed by atoms with Crippen LogP contribution in [0.1, 0.15) is 48.2 Å². The lowest BCUT2D eigenvalue weighted by molar-refractivity contribution is 0.0204. The number of carbonyl (C=O) groups excluding carboxylic acids is 1. The molecule has 0 spiro atoms. The van der Waals surface area contributed by atoms with E-state index in [-0.39, 0.29) is 17.4 Å². The van der Waals surface area contributed by atoms with Crippen LogP contribution >= 0.6 is 0 Å². The van der Waals surface area contributed by atoms with E-state index < -0.39 is 5.97 Å². The van der Waals surface area contributed by atoms with Gasteiger partial charge in [0.25, 0.3) is 5.56 Å². The van der Waals surface area contributed by atoms with Gasteiger partial charge in [0.15, 0.2) is 5.69 Å². The summed E-state index contributed by atoms with van der Waals surface area (Å²) in [6, 6.07) is 16.7. The summed E-state index contributed by atoms with van der Waals surface area (Å²) in [5.41, 5.74) is 0.962. The average molecular weight is 362 g/mol. The minimum Gasteiger partial charge on any atom is -0.458 e. The van der Waals surface area contributed by atoms with Crippen molar-refractivity contribution in [2.75, 3.05) is 0 Å². The topological polar surface area (TPSA) is 61.2 Å². The zero-order valence-electron chi connectivity index (χ0n) is 15.1. The van der Waals surface area contributed by atoms with Crippen LogP contribution in [0.25, 0.3) is 10.8 Å². The summed E-state index contributed by atoms with van der Waals surface area (Å²) in [7, 11) is 0. The van der Waals surface area contributed by atoms with Gasteiger partial charge < -0.3 is 4.74 Å². The third-order valence-corrected chi connectivity index (χ3v) is 5.06. The molecule has 27 heavy (non-hydrogen) atoms. The Hall–Kier alpha value is -2.95. The van der Waals surface area contributed by atoms with Crippen molar-refractivity contribution in [2.24, 2.45) is 0 Å². The lowest BCUT2D eigenvalue weighted by Gasteiger charge is -2.22. The molecular formula is C22H22N2O3. The van der Waals surface area contributed by atoms with Gasteiger partial charge in [-0.3, -0.25) is 4.79 Å². The van der Waals surface area contributed by atoms with Crippen molar-refractivity contribution in [3.05, 3.63) is 76.2 Å². The lowest BCUT2D eigenvalue weighted by Crippen LogP contribution is -2.28. The van der Waals surface area contributed by atoms with E-state index >= 15 is 0 Å². The first kappa shape index (κ1) is 17.5. The lowest BCUT2D eigenvalue weighted by atomic mass is 9.98. The second-order valence-electron chi connectivity index (χ2n) is 7.01. The molecule has 1 aromatic heterocycles. The van der Waals surface area contributed by atoms with Gasteiger partial charge in [0.05, 0.1) is 11.9 Å². The molecule has 1 aliphatic carbocycles. The molecule has 0 unspecified atom stereocenters. The second-order valence-corrected chi connectivity index (χ2v) is 7.01. The Morgan fingerprint density at radius 3 is 2.37 bits per heavy atom. The van der Waals surface area contributed by atoms with Gasteiger partial charge in [-0.05, 0) is 37.3 Å². The highest BCUT2D eigenvalue weighted by molar-refractivity contribution is 6.02. The van der Waals surface area contributed by atoms with Crippen LogP contribution in [0.15, 0.2) is 59.4 Å². The Kier molecular flexibility index (Phi) is 5.01. The van der Waals surface area contributed by atoms with E-state index in [1.54, 1.807) is 18.2 Å². The molecule has 138 valence electrons. The van der Waals surface area contributed by atoms with Crippen molar-refractivity contribution in [2.45, 2.75) is 44.8 Å². The first-order chi connectivity index (χ1) is 13.2. The van der Waals surface area contributed by atoms with Crippen molar-refractivity contribution in [3.63, 3.8) is 0 Å². The molecule has 0 aliphatic heterocycles. The normalized spacial score (nSPS) is 15.0. The van der Waals surface area contributed by atoms with Gasteiger partial charge in [0.1, 0.15) is 6.10 Å². The number of ether oxygens (including phenoxy) is 1. The average Bonchev–Trinajstić information content (AvgIpc) is 2.71. The molecule has 5 heteroatoms. The van der Waals surface area contributed by atoms with Crippen LogP contribution in [0.4, 0.5) is 0 Å². The molecule has 0 N–H and O–H groups in total. The van der Waals surface area contributed by atoms with Crippen LogP contribution in [-0.2, 0) is 11.3 Å². The Labute approximate surface area is 157 Å². The number of aromatic nitrogens is 2.